The number of hydrogen-bond donors (Lipinski definition) is 0. The summed E-state index contributed by atoms with van der Waals surface area (Å²) in [6.45, 7) is 1.50. The van der Waals surface area contributed by atoms with Crippen molar-refractivity contribution in [2.24, 2.45) is 0 Å². The standard InChI is InChI=1S/C23H23ClN2O4/c1-29-18-12-17(13-19(14-18)30-2)26-22(27)20(15-6-8-16(24)9-7-15)21(23(26)28)25-10-4-3-5-11-25/h6-9,12-14H,3-5,10-11H2,1-2H3. The molecule has 2 aliphatic heterocycles. The van der Waals surface area contributed by atoms with E-state index >= 15 is 0 Å². The van der Waals surface area contributed by atoms with Crippen LogP contribution >= 0.6 is 11.6 Å². The summed E-state index contributed by atoms with van der Waals surface area (Å²) >= 11 is 6.04. The van der Waals surface area contributed by atoms with Gasteiger partial charge in [-0.05, 0) is 37.0 Å². The third kappa shape index (κ3) is 3.63. The smallest absolute Gasteiger partial charge is 0.282 e. The fourth-order valence-electron chi connectivity index (χ4n) is 3.96. The number of rotatable bonds is 5. The Hall–Kier alpha value is -2.99. The number of likely N-dealkylation sites (tertiary alicyclic amines) is 1. The van der Waals surface area contributed by atoms with E-state index in [-0.39, 0.29) is 11.8 Å². The highest BCUT2D eigenvalue weighted by molar-refractivity contribution is 6.45. The van der Waals surface area contributed by atoms with E-state index in [2.05, 4.69) is 0 Å². The number of hydrogen-bond acceptors (Lipinski definition) is 5. The Balaban J connectivity index is 1.83. The Kier molecular flexibility index (Phi) is 5.68. The fraction of sp³-hybridized carbons (Fsp3) is 0.304. The second kappa shape index (κ2) is 8.40. The maximum Gasteiger partial charge on any atom is 0.282 e. The zero-order valence-electron chi connectivity index (χ0n) is 17.0. The van der Waals surface area contributed by atoms with Crippen LogP contribution in [0.1, 0.15) is 24.8 Å². The molecule has 0 atom stereocenters. The second-order valence-corrected chi connectivity index (χ2v) is 7.73. The molecule has 2 aromatic rings. The highest BCUT2D eigenvalue weighted by Crippen LogP contribution is 2.38. The minimum absolute atomic E-state index is 0.331. The molecule has 0 N–H and O–H groups in total. The molecule has 156 valence electrons. The monoisotopic (exact) mass is 426 g/mol. The number of carbonyl (C=O) groups excluding carboxylic acids is 2. The number of benzene rings is 2. The first kappa shape index (κ1) is 20.3. The van der Waals surface area contributed by atoms with Crippen LogP contribution in [-0.4, -0.2) is 44.0 Å². The molecule has 0 unspecified atom stereocenters. The van der Waals surface area contributed by atoms with Gasteiger partial charge in [-0.2, -0.15) is 0 Å². The van der Waals surface area contributed by atoms with Gasteiger partial charge in [-0.15, -0.1) is 0 Å². The lowest BCUT2D eigenvalue weighted by Crippen LogP contribution is -2.37. The molecule has 0 aliphatic carbocycles. The molecule has 0 saturated carbocycles. The molecule has 7 heteroatoms. The summed E-state index contributed by atoms with van der Waals surface area (Å²) in [5.41, 5.74) is 1.94. The molecule has 2 heterocycles. The molecule has 2 aliphatic rings. The zero-order valence-corrected chi connectivity index (χ0v) is 17.7. The van der Waals surface area contributed by atoms with Crippen molar-refractivity contribution >= 4 is 34.7 Å². The molecule has 0 bridgehead atoms. The average molecular weight is 427 g/mol. The Bertz CT molecular complexity index is 988. The van der Waals surface area contributed by atoms with Gasteiger partial charge < -0.3 is 14.4 Å². The van der Waals surface area contributed by atoms with E-state index in [1.54, 1.807) is 42.5 Å². The van der Waals surface area contributed by atoms with Crippen LogP contribution in [0.3, 0.4) is 0 Å². The van der Waals surface area contributed by atoms with Crippen LogP contribution in [0.4, 0.5) is 5.69 Å². The van der Waals surface area contributed by atoms with E-state index in [1.165, 1.54) is 19.1 Å². The zero-order chi connectivity index (χ0) is 21.3. The number of methoxy groups -OCH3 is 2. The summed E-state index contributed by atoms with van der Waals surface area (Å²) in [5, 5.41) is 0.574. The molecule has 1 fully saturated rings. The average Bonchev–Trinajstić information content (AvgIpc) is 3.04. The van der Waals surface area contributed by atoms with Crippen molar-refractivity contribution in [3.63, 3.8) is 0 Å². The van der Waals surface area contributed by atoms with Crippen molar-refractivity contribution in [1.82, 2.24) is 4.90 Å². The van der Waals surface area contributed by atoms with Crippen LogP contribution in [0.15, 0.2) is 48.2 Å². The number of halogens is 1. The molecule has 4 rings (SSSR count). The van der Waals surface area contributed by atoms with Crippen LogP contribution in [0.2, 0.25) is 5.02 Å². The molecule has 2 amide bonds. The molecule has 1 saturated heterocycles. The van der Waals surface area contributed by atoms with Crippen LogP contribution in [0.5, 0.6) is 11.5 Å². The SMILES string of the molecule is COc1cc(OC)cc(N2C(=O)C(c3ccc(Cl)cc3)=C(N3CCCCC3)C2=O)c1. The molecule has 2 aromatic carbocycles. The number of imide groups is 1. The van der Waals surface area contributed by atoms with Gasteiger partial charge in [0.15, 0.2) is 0 Å². The number of nitrogens with zero attached hydrogens (tertiary/aromatic N) is 2. The van der Waals surface area contributed by atoms with E-state index in [0.717, 1.165) is 32.4 Å². The lowest BCUT2D eigenvalue weighted by atomic mass is 10.0. The minimum Gasteiger partial charge on any atom is -0.497 e. The second-order valence-electron chi connectivity index (χ2n) is 7.29. The van der Waals surface area contributed by atoms with Gasteiger partial charge in [-0.25, -0.2) is 4.90 Å². The maximum atomic E-state index is 13.6. The highest BCUT2D eigenvalue weighted by atomic mass is 35.5. The van der Waals surface area contributed by atoms with Gasteiger partial charge in [0.2, 0.25) is 0 Å². The van der Waals surface area contributed by atoms with Crippen molar-refractivity contribution in [3.8, 4) is 11.5 Å². The van der Waals surface area contributed by atoms with Crippen LogP contribution in [0, 0.1) is 0 Å². The molecule has 0 radical (unpaired) electrons. The van der Waals surface area contributed by atoms with Gasteiger partial charge in [-0.1, -0.05) is 23.7 Å². The first-order valence-corrected chi connectivity index (χ1v) is 10.3. The quantitative estimate of drug-likeness (QED) is 0.673. The van der Waals surface area contributed by atoms with Gasteiger partial charge in [0, 0.05) is 36.3 Å². The first-order valence-electron chi connectivity index (χ1n) is 9.90. The van der Waals surface area contributed by atoms with Crippen LogP contribution < -0.4 is 14.4 Å². The van der Waals surface area contributed by atoms with Crippen LogP contribution in [-0.2, 0) is 9.59 Å². The molecule has 0 aromatic heterocycles. The van der Waals surface area contributed by atoms with Crippen molar-refractivity contribution in [2.45, 2.75) is 19.3 Å². The highest BCUT2D eigenvalue weighted by Gasteiger charge is 2.43. The van der Waals surface area contributed by atoms with Crippen molar-refractivity contribution in [1.29, 1.82) is 0 Å². The summed E-state index contributed by atoms with van der Waals surface area (Å²) in [5.74, 6) is 0.314. The Morgan fingerprint density at radius 1 is 0.833 bits per heavy atom. The Morgan fingerprint density at radius 2 is 1.43 bits per heavy atom. The summed E-state index contributed by atoms with van der Waals surface area (Å²) in [7, 11) is 3.06. The van der Waals surface area contributed by atoms with Crippen LogP contribution in [0.25, 0.3) is 5.57 Å². The fourth-order valence-corrected chi connectivity index (χ4v) is 4.09. The summed E-state index contributed by atoms with van der Waals surface area (Å²) in [6, 6.07) is 12.0. The van der Waals surface area contributed by atoms with E-state index in [1.807, 2.05) is 4.90 Å². The topological polar surface area (TPSA) is 59.1 Å². The number of piperidine rings is 1. The molecular weight excluding hydrogens is 404 g/mol. The normalized spacial score (nSPS) is 17.0. The molecule has 0 spiro atoms. The summed E-state index contributed by atoms with van der Waals surface area (Å²) < 4.78 is 10.7. The number of carbonyl (C=O) groups is 2. The summed E-state index contributed by atoms with van der Waals surface area (Å²) in [6.07, 6.45) is 3.11. The van der Waals surface area contributed by atoms with Gasteiger partial charge >= 0.3 is 0 Å². The van der Waals surface area contributed by atoms with Gasteiger partial charge in [-0.3, -0.25) is 9.59 Å². The lowest BCUT2D eigenvalue weighted by Gasteiger charge is -2.29. The van der Waals surface area contributed by atoms with Gasteiger partial charge in [0.05, 0.1) is 25.5 Å². The van der Waals surface area contributed by atoms with E-state index in [0.29, 0.717) is 39.0 Å². The van der Waals surface area contributed by atoms with Gasteiger partial charge in [0.1, 0.15) is 17.2 Å². The molecule has 30 heavy (non-hydrogen) atoms. The molecule has 6 nitrogen and oxygen atoms in total. The Morgan fingerprint density at radius 3 is 2.00 bits per heavy atom. The first-order chi connectivity index (χ1) is 14.5. The van der Waals surface area contributed by atoms with Crippen molar-refractivity contribution < 1.29 is 19.1 Å². The summed E-state index contributed by atoms with van der Waals surface area (Å²) in [4.78, 5) is 30.4. The lowest BCUT2D eigenvalue weighted by molar-refractivity contribution is -0.120. The van der Waals surface area contributed by atoms with Gasteiger partial charge in [0.25, 0.3) is 11.8 Å². The van der Waals surface area contributed by atoms with E-state index < -0.39 is 0 Å². The maximum absolute atomic E-state index is 13.6. The minimum atomic E-state index is -0.363. The van der Waals surface area contributed by atoms with E-state index in [4.69, 9.17) is 21.1 Å². The van der Waals surface area contributed by atoms with E-state index in [9.17, 15) is 9.59 Å². The number of ether oxygens (including phenoxy) is 2. The third-order valence-corrected chi connectivity index (χ3v) is 5.71. The predicted octanol–water partition coefficient (Wildman–Crippen LogP) is 4.13. The third-order valence-electron chi connectivity index (χ3n) is 5.46. The number of amides is 2. The van der Waals surface area contributed by atoms with Crippen molar-refractivity contribution in [2.75, 3.05) is 32.2 Å². The Labute approximate surface area is 180 Å². The van der Waals surface area contributed by atoms with Crippen molar-refractivity contribution in [3.05, 3.63) is 58.7 Å². The largest absolute Gasteiger partial charge is 0.497 e. The number of anilines is 1. The molecular formula is C23H23ClN2O4. The predicted molar refractivity (Wildman–Crippen MR) is 116 cm³/mol.